The summed E-state index contributed by atoms with van der Waals surface area (Å²) in [6.07, 6.45) is 5.46. The molecular formula is C15H20N4. The van der Waals surface area contributed by atoms with Crippen LogP contribution in [0.2, 0.25) is 0 Å². The predicted octanol–water partition coefficient (Wildman–Crippen LogP) is 2.63. The van der Waals surface area contributed by atoms with Gasteiger partial charge in [0, 0.05) is 23.5 Å². The monoisotopic (exact) mass is 256 g/mol. The van der Waals surface area contributed by atoms with Gasteiger partial charge in [0.1, 0.15) is 0 Å². The predicted molar refractivity (Wildman–Crippen MR) is 78.2 cm³/mol. The lowest BCUT2D eigenvalue weighted by Gasteiger charge is -2.17. The molecule has 2 aromatic rings. The third kappa shape index (κ3) is 3.15. The average Bonchev–Trinajstić information content (AvgIpc) is 2.86. The number of hydrogen-bond acceptors (Lipinski definition) is 3. The summed E-state index contributed by atoms with van der Waals surface area (Å²) in [6, 6.07) is 11.1. The van der Waals surface area contributed by atoms with Gasteiger partial charge in [0.25, 0.3) is 0 Å². The Labute approximate surface area is 113 Å². The van der Waals surface area contributed by atoms with Crippen molar-refractivity contribution < 1.29 is 0 Å². The van der Waals surface area contributed by atoms with Gasteiger partial charge in [-0.2, -0.15) is 5.10 Å². The maximum atomic E-state index is 4.00. The zero-order valence-electron chi connectivity index (χ0n) is 11.0. The van der Waals surface area contributed by atoms with Gasteiger partial charge in [-0.05, 0) is 50.6 Å². The van der Waals surface area contributed by atoms with Crippen molar-refractivity contribution >= 4 is 5.69 Å². The van der Waals surface area contributed by atoms with Gasteiger partial charge >= 0.3 is 0 Å². The van der Waals surface area contributed by atoms with E-state index in [-0.39, 0.29) is 0 Å². The van der Waals surface area contributed by atoms with Crippen molar-refractivity contribution in [1.29, 1.82) is 0 Å². The van der Waals surface area contributed by atoms with Crippen LogP contribution in [0.5, 0.6) is 0 Å². The third-order valence-corrected chi connectivity index (χ3v) is 3.62. The van der Waals surface area contributed by atoms with Crippen LogP contribution in [-0.2, 0) is 0 Å². The molecule has 4 heteroatoms. The summed E-state index contributed by atoms with van der Waals surface area (Å²) in [7, 11) is 0. The van der Waals surface area contributed by atoms with Crippen molar-refractivity contribution in [3.8, 4) is 11.3 Å². The minimum Gasteiger partial charge on any atom is -0.382 e. The quantitative estimate of drug-likeness (QED) is 0.791. The van der Waals surface area contributed by atoms with E-state index in [1.54, 1.807) is 6.20 Å². The van der Waals surface area contributed by atoms with Crippen LogP contribution in [0.4, 0.5) is 5.69 Å². The topological polar surface area (TPSA) is 52.7 Å². The van der Waals surface area contributed by atoms with Crippen LogP contribution in [0.3, 0.4) is 0 Å². The second kappa shape index (κ2) is 5.89. The van der Waals surface area contributed by atoms with Crippen LogP contribution in [0.25, 0.3) is 11.3 Å². The van der Waals surface area contributed by atoms with Crippen molar-refractivity contribution in [2.45, 2.75) is 25.3 Å². The molecule has 0 aliphatic carbocycles. The SMILES string of the molecule is c1cc(NC2CCCNCC2)cc(-c2ccn[nH]2)c1. The Morgan fingerprint density at radius 1 is 1.16 bits per heavy atom. The highest BCUT2D eigenvalue weighted by Gasteiger charge is 2.11. The number of aromatic nitrogens is 2. The van der Waals surface area contributed by atoms with Gasteiger partial charge < -0.3 is 10.6 Å². The van der Waals surface area contributed by atoms with E-state index in [0.29, 0.717) is 6.04 Å². The van der Waals surface area contributed by atoms with Gasteiger partial charge in [-0.1, -0.05) is 12.1 Å². The number of benzene rings is 1. The molecule has 3 N–H and O–H groups in total. The summed E-state index contributed by atoms with van der Waals surface area (Å²) >= 11 is 0. The second-order valence-corrected chi connectivity index (χ2v) is 5.07. The Kier molecular flexibility index (Phi) is 3.79. The fraction of sp³-hybridized carbons (Fsp3) is 0.400. The van der Waals surface area contributed by atoms with Crippen LogP contribution >= 0.6 is 0 Å². The smallest absolute Gasteiger partial charge is 0.0650 e. The molecule has 0 saturated carbocycles. The Balaban J connectivity index is 1.72. The molecule has 1 unspecified atom stereocenters. The van der Waals surface area contributed by atoms with Crippen LogP contribution in [0.15, 0.2) is 36.5 Å². The Bertz CT molecular complexity index is 499. The highest BCUT2D eigenvalue weighted by Crippen LogP contribution is 2.22. The molecule has 2 heterocycles. The summed E-state index contributed by atoms with van der Waals surface area (Å²) in [5.74, 6) is 0. The molecule has 0 bridgehead atoms. The highest BCUT2D eigenvalue weighted by molar-refractivity contribution is 5.64. The Morgan fingerprint density at radius 3 is 3.05 bits per heavy atom. The molecule has 1 saturated heterocycles. The summed E-state index contributed by atoms with van der Waals surface area (Å²) in [4.78, 5) is 0. The molecule has 0 spiro atoms. The molecule has 1 aromatic heterocycles. The first kappa shape index (κ1) is 12.2. The fourth-order valence-electron chi connectivity index (χ4n) is 2.59. The first-order chi connectivity index (χ1) is 9.42. The lowest BCUT2D eigenvalue weighted by molar-refractivity contribution is 0.637. The molecule has 1 aromatic carbocycles. The van der Waals surface area contributed by atoms with Crippen molar-refractivity contribution in [3.63, 3.8) is 0 Å². The minimum atomic E-state index is 0.576. The average molecular weight is 256 g/mol. The number of rotatable bonds is 3. The second-order valence-electron chi connectivity index (χ2n) is 5.07. The number of H-pyrrole nitrogens is 1. The molecule has 0 amide bonds. The minimum absolute atomic E-state index is 0.576. The van der Waals surface area contributed by atoms with Crippen molar-refractivity contribution in [3.05, 3.63) is 36.5 Å². The molecule has 19 heavy (non-hydrogen) atoms. The van der Waals surface area contributed by atoms with Crippen molar-refractivity contribution in [1.82, 2.24) is 15.5 Å². The first-order valence-electron chi connectivity index (χ1n) is 6.99. The zero-order valence-corrected chi connectivity index (χ0v) is 11.0. The van der Waals surface area contributed by atoms with Crippen LogP contribution in [0.1, 0.15) is 19.3 Å². The summed E-state index contributed by atoms with van der Waals surface area (Å²) < 4.78 is 0. The highest BCUT2D eigenvalue weighted by atomic mass is 15.1. The number of hydrogen-bond donors (Lipinski definition) is 3. The molecule has 1 aliphatic rings. The van der Waals surface area contributed by atoms with E-state index < -0.39 is 0 Å². The van der Waals surface area contributed by atoms with Crippen molar-refractivity contribution in [2.75, 3.05) is 18.4 Å². The van der Waals surface area contributed by atoms with Gasteiger partial charge in [-0.25, -0.2) is 0 Å². The van der Waals surface area contributed by atoms with E-state index in [1.165, 1.54) is 30.5 Å². The largest absolute Gasteiger partial charge is 0.382 e. The molecule has 1 fully saturated rings. The van der Waals surface area contributed by atoms with Gasteiger partial charge in [0.05, 0.1) is 5.69 Å². The van der Waals surface area contributed by atoms with E-state index in [1.807, 2.05) is 6.07 Å². The van der Waals surface area contributed by atoms with Crippen LogP contribution in [0, 0.1) is 0 Å². The molecule has 4 nitrogen and oxygen atoms in total. The normalized spacial score (nSPS) is 19.9. The van der Waals surface area contributed by atoms with Gasteiger partial charge in [0.15, 0.2) is 0 Å². The summed E-state index contributed by atoms with van der Waals surface area (Å²) in [5.41, 5.74) is 3.43. The van der Waals surface area contributed by atoms with E-state index in [2.05, 4.69) is 45.1 Å². The van der Waals surface area contributed by atoms with Gasteiger partial charge in [0.2, 0.25) is 0 Å². The number of anilines is 1. The number of nitrogens with zero attached hydrogens (tertiary/aromatic N) is 1. The summed E-state index contributed by atoms with van der Waals surface area (Å²) in [5, 5.41) is 14.1. The number of aromatic amines is 1. The Hall–Kier alpha value is -1.81. The van der Waals surface area contributed by atoms with Gasteiger partial charge in [-0.3, -0.25) is 5.10 Å². The lowest BCUT2D eigenvalue weighted by Crippen LogP contribution is -2.21. The van der Waals surface area contributed by atoms with E-state index in [0.717, 1.165) is 18.8 Å². The third-order valence-electron chi connectivity index (χ3n) is 3.62. The fourth-order valence-corrected chi connectivity index (χ4v) is 2.59. The lowest BCUT2D eigenvalue weighted by atomic mass is 10.1. The zero-order chi connectivity index (χ0) is 12.9. The summed E-state index contributed by atoms with van der Waals surface area (Å²) in [6.45, 7) is 2.25. The molecule has 3 rings (SSSR count). The molecule has 1 atom stereocenters. The van der Waals surface area contributed by atoms with E-state index in [4.69, 9.17) is 0 Å². The molecule has 0 radical (unpaired) electrons. The first-order valence-corrected chi connectivity index (χ1v) is 6.99. The standard InChI is InChI=1S/C15H20N4/c1-3-12(15-7-10-17-19-15)11-14(4-1)18-13-5-2-8-16-9-6-13/h1,3-4,7,10-11,13,16,18H,2,5-6,8-9H2,(H,17,19). The van der Waals surface area contributed by atoms with Crippen LogP contribution in [-0.4, -0.2) is 29.3 Å². The van der Waals surface area contributed by atoms with E-state index >= 15 is 0 Å². The number of nitrogens with one attached hydrogen (secondary N) is 3. The van der Waals surface area contributed by atoms with Crippen LogP contribution < -0.4 is 10.6 Å². The Morgan fingerprint density at radius 2 is 2.16 bits per heavy atom. The maximum absolute atomic E-state index is 4.00. The maximum Gasteiger partial charge on any atom is 0.0650 e. The molecule has 1 aliphatic heterocycles. The molecular weight excluding hydrogens is 236 g/mol. The van der Waals surface area contributed by atoms with Gasteiger partial charge in [-0.15, -0.1) is 0 Å². The van der Waals surface area contributed by atoms with E-state index in [9.17, 15) is 0 Å². The molecule has 100 valence electrons. The van der Waals surface area contributed by atoms with Crippen molar-refractivity contribution in [2.24, 2.45) is 0 Å².